The first-order valence-corrected chi connectivity index (χ1v) is 7.93. The molecule has 2 rings (SSSR count). The first-order chi connectivity index (χ1) is 11.5. The topological polar surface area (TPSA) is 76.1 Å². The third-order valence-electron chi connectivity index (χ3n) is 3.99. The van der Waals surface area contributed by atoms with Crippen molar-refractivity contribution in [3.63, 3.8) is 0 Å². The molecule has 24 heavy (non-hydrogen) atoms. The maximum absolute atomic E-state index is 13.7. The van der Waals surface area contributed by atoms with Crippen LogP contribution in [0.3, 0.4) is 0 Å². The number of methoxy groups -OCH3 is 1. The van der Waals surface area contributed by atoms with Crippen LogP contribution in [-0.2, 0) is 4.79 Å². The van der Waals surface area contributed by atoms with Crippen LogP contribution in [0.5, 0.6) is 11.5 Å². The van der Waals surface area contributed by atoms with E-state index in [2.05, 4.69) is 0 Å². The van der Waals surface area contributed by atoms with Gasteiger partial charge < -0.3 is 19.5 Å². The Kier molecular flexibility index (Phi) is 6.00. The highest BCUT2D eigenvalue weighted by Crippen LogP contribution is 2.30. The summed E-state index contributed by atoms with van der Waals surface area (Å²) in [5.74, 6) is -0.476. The number of amides is 1. The molecule has 1 aromatic carbocycles. The van der Waals surface area contributed by atoms with Crippen LogP contribution in [0, 0.1) is 0 Å². The second-order valence-electron chi connectivity index (χ2n) is 5.76. The van der Waals surface area contributed by atoms with Crippen LogP contribution in [0.1, 0.15) is 36.5 Å². The monoisotopic (exact) mass is 339 g/mol. The minimum atomic E-state index is -1.06. The van der Waals surface area contributed by atoms with Gasteiger partial charge in [-0.15, -0.1) is 0 Å². The minimum Gasteiger partial charge on any atom is -0.493 e. The van der Waals surface area contributed by atoms with Crippen LogP contribution >= 0.6 is 0 Å². The lowest BCUT2D eigenvalue weighted by Gasteiger charge is -2.24. The molecule has 1 heterocycles. The van der Waals surface area contributed by atoms with E-state index in [1.54, 1.807) is 0 Å². The highest BCUT2D eigenvalue weighted by atomic mass is 19.1. The molecule has 0 saturated carbocycles. The first-order valence-electron chi connectivity index (χ1n) is 7.93. The van der Waals surface area contributed by atoms with E-state index in [1.165, 1.54) is 30.2 Å². The van der Waals surface area contributed by atoms with Crippen LogP contribution in [0.15, 0.2) is 18.2 Å². The van der Waals surface area contributed by atoms with Gasteiger partial charge in [-0.2, -0.15) is 0 Å². The van der Waals surface area contributed by atoms with Crippen molar-refractivity contribution in [3.8, 4) is 11.5 Å². The summed E-state index contributed by atoms with van der Waals surface area (Å²) >= 11 is 0. The number of ether oxygens (including phenoxy) is 2. The van der Waals surface area contributed by atoms with Crippen molar-refractivity contribution in [1.29, 1.82) is 0 Å². The van der Waals surface area contributed by atoms with E-state index in [-0.39, 0.29) is 42.8 Å². The normalized spacial score (nSPS) is 20.0. The van der Waals surface area contributed by atoms with Gasteiger partial charge in [-0.3, -0.25) is 4.79 Å². The molecular formula is C17H22FNO5. The van der Waals surface area contributed by atoms with Gasteiger partial charge in [0.15, 0.2) is 11.5 Å². The van der Waals surface area contributed by atoms with E-state index in [0.717, 1.165) is 0 Å². The number of rotatable bonds is 7. The van der Waals surface area contributed by atoms with E-state index in [9.17, 15) is 14.0 Å². The maximum atomic E-state index is 13.7. The molecule has 1 amide bonds. The summed E-state index contributed by atoms with van der Waals surface area (Å²) in [6, 6.07) is 3.95. The Morgan fingerprint density at radius 2 is 2.12 bits per heavy atom. The number of likely N-dealkylation sites (tertiary alicyclic amines) is 1. The lowest BCUT2D eigenvalue weighted by Crippen LogP contribution is -2.39. The van der Waals surface area contributed by atoms with Gasteiger partial charge in [-0.1, -0.05) is 6.92 Å². The maximum Gasteiger partial charge on any atom is 0.335 e. The highest BCUT2D eigenvalue weighted by Gasteiger charge is 2.35. The molecule has 1 aliphatic rings. The molecule has 0 aliphatic carbocycles. The number of halogens is 1. The zero-order valence-electron chi connectivity index (χ0n) is 13.8. The number of nitrogens with zero attached hydrogens (tertiary/aromatic N) is 1. The van der Waals surface area contributed by atoms with Crippen molar-refractivity contribution in [1.82, 2.24) is 4.90 Å². The average Bonchev–Trinajstić information content (AvgIpc) is 2.93. The Balaban J connectivity index is 2.06. The molecule has 1 unspecified atom stereocenters. The standard InChI is InChI=1S/C17H22FNO5/c1-3-4-16(20)19-9-12(18)8-13(19)10-24-14-6-5-11(17(21)22)7-15(14)23-2/h5-7,12-13H,3-4,8-10H2,1-2H3,(H,21,22)/t12?,13-/m0/s1. The van der Waals surface area contributed by atoms with Crippen molar-refractivity contribution < 1.29 is 28.6 Å². The molecule has 1 N–H and O–H groups in total. The molecule has 132 valence electrons. The van der Waals surface area contributed by atoms with E-state index in [1.807, 2.05) is 6.92 Å². The number of hydrogen-bond donors (Lipinski definition) is 1. The molecule has 6 nitrogen and oxygen atoms in total. The van der Waals surface area contributed by atoms with Gasteiger partial charge in [0.05, 0.1) is 25.3 Å². The number of benzene rings is 1. The molecule has 0 spiro atoms. The second-order valence-corrected chi connectivity index (χ2v) is 5.76. The van der Waals surface area contributed by atoms with Crippen LogP contribution in [0.25, 0.3) is 0 Å². The Bertz CT molecular complexity index is 607. The van der Waals surface area contributed by atoms with E-state index < -0.39 is 12.1 Å². The average molecular weight is 339 g/mol. The summed E-state index contributed by atoms with van der Waals surface area (Å²) in [5, 5.41) is 8.99. The first kappa shape index (κ1) is 18.0. The van der Waals surface area contributed by atoms with Gasteiger partial charge in [0.2, 0.25) is 5.91 Å². The van der Waals surface area contributed by atoms with E-state index >= 15 is 0 Å². The fourth-order valence-corrected chi connectivity index (χ4v) is 2.79. The number of carbonyl (C=O) groups excluding carboxylic acids is 1. The molecule has 2 atom stereocenters. The lowest BCUT2D eigenvalue weighted by atomic mass is 10.2. The third kappa shape index (κ3) is 4.15. The minimum absolute atomic E-state index is 0.0700. The second kappa shape index (κ2) is 7.99. The zero-order chi connectivity index (χ0) is 17.7. The molecule has 1 aliphatic heterocycles. The molecule has 0 aromatic heterocycles. The molecule has 0 radical (unpaired) electrons. The highest BCUT2D eigenvalue weighted by molar-refractivity contribution is 5.88. The summed E-state index contributed by atoms with van der Waals surface area (Å²) in [6.07, 6.45) is 0.297. The van der Waals surface area contributed by atoms with Gasteiger partial charge in [0.25, 0.3) is 0 Å². The summed E-state index contributed by atoms with van der Waals surface area (Å²) in [6.45, 7) is 2.14. The van der Waals surface area contributed by atoms with Crippen molar-refractivity contribution in [3.05, 3.63) is 23.8 Å². The Hall–Kier alpha value is -2.31. The molecule has 1 fully saturated rings. The quantitative estimate of drug-likeness (QED) is 0.826. The van der Waals surface area contributed by atoms with Crippen molar-refractivity contribution >= 4 is 11.9 Å². The van der Waals surface area contributed by atoms with E-state index in [0.29, 0.717) is 18.6 Å². The van der Waals surface area contributed by atoms with Gasteiger partial charge >= 0.3 is 5.97 Å². The number of aromatic carboxylic acids is 1. The molecule has 7 heteroatoms. The van der Waals surface area contributed by atoms with E-state index in [4.69, 9.17) is 14.6 Å². The van der Waals surface area contributed by atoms with Gasteiger partial charge in [-0.25, -0.2) is 9.18 Å². The predicted octanol–water partition coefficient (Wildman–Crippen LogP) is 2.51. The lowest BCUT2D eigenvalue weighted by molar-refractivity contribution is -0.132. The van der Waals surface area contributed by atoms with Crippen LogP contribution in [0.2, 0.25) is 0 Å². The molecule has 0 bridgehead atoms. The summed E-state index contributed by atoms with van der Waals surface area (Å²) in [4.78, 5) is 24.6. The van der Waals surface area contributed by atoms with Gasteiger partial charge in [-0.05, 0) is 24.6 Å². The summed E-state index contributed by atoms with van der Waals surface area (Å²) in [7, 11) is 1.41. The van der Waals surface area contributed by atoms with Crippen LogP contribution < -0.4 is 9.47 Å². The van der Waals surface area contributed by atoms with Crippen molar-refractivity contribution in [2.45, 2.75) is 38.4 Å². The molecule has 1 aromatic rings. The predicted molar refractivity (Wildman–Crippen MR) is 85.4 cm³/mol. The largest absolute Gasteiger partial charge is 0.493 e. The number of alkyl halides is 1. The Labute approximate surface area is 140 Å². The molecule has 1 saturated heterocycles. The number of carboxylic acids is 1. The van der Waals surface area contributed by atoms with Crippen LogP contribution in [0.4, 0.5) is 4.39 Å². The zero-order valence-corrected chi connectivity index (χ0v) is 13.8. The Morgan fingerprint density at radius 3 is 2.75 bits per heavy atom. The number of carbonyl (C=O) groups is 2. The Morgan fingerprint density at radius 1 is 1.38 bits per heavy atom. The third-order valence-corrected chi connectivity index (χ3v) is 3.99. The smallest absolute Gasteiger partial charge is 0.335 e. The summed E-state index contributed by atoms with van der Waals surface area (Å²) in [5.41, 5.74) is 0.0867. The fraction of sp³-hybridized carbons (Fsp3) is 0.529. The van der Waals surface area contributed by atoms with Gasteiger partial charge in [0.1, 0.15) is 12.8 Å². The van der Waals surface area contributed by atoms with Gasteiger partial charge in [0, 0.05) is 12.8 Å². The van der Waals surface area contributed by atoms with Crippen molar-refractivity contribution in [2.24, 2.45) is 0 Å². The SMILES string of the molecule is CCCC(=O)N1CC(F)C[C@H]1COc1ccc(C(=O)O)cc1OC. The van der Waals surface area contributed by atoms with Crippen molar-refractivity contribution in [2.75, 3.05) is 20.3 Å². The van der Waals surface area contributed by atoms with Crippen LogP contribution in [-0.4, -0.2) is 54.4 Å². The summed E-state index contributed by atoms with van der Waals surface area (Å²) < 4.78 is 24.5. The fourth-order valence-electron chi connectivity index (χ4n) is 2.79. The number of carboxylic acid groups (broad SMARTS) is 1. The number of hydrogen-bond acceptors (Lipinski definition) is 4. The molecular weight excluding hydrogens is 317 g/mol.